The maximum atomic E-state index is 13.9. The van der Waals surface area contributed by atoms with Gasteiger partial charge in [0.15, 0.2) is 0 Å². The van der Waals surface area contributed by atoms with Crippen LogP contribution in [0.3, 0.4) is 0 Å². The van der Waals surface area contributed by atoms with E-state index in [-0.39, 0.29) is 28.0 Å². The Morgan fingerprint density at radius 3 is 2.49 bits per heavy atom. The molecule has 3 atom stereocenters. The number of allylic oxidation sites excluding steroid dienone is 5. The minimum Gasteiger partial charge on any atom is -0.392 e. The lowest BCUT2D eigenvalue weighted by atomic mass is 9.85. The van der Waals surface area contributed by atoms with E-state index < -0.39 is 11.6 Å². The van der Waals surface area contributed by atoms with E-state index in [1.165, 1.54) is 18.2 Å². The quantitative estimate of drug-likeness (QED) is 0.144. The number of anilines is 1. The number of hydrogen-bond donors (Lipinski definition) is 4. The van der Waals surface area contributed by atoms with Crippen LogP contribution in [0.15, 0.2) is 47.8 Å². The molecule has 0 saturated carbocycles. The molecule has 0 unspecified atom stereocenters. The Hall–Kier alpha value is -2.30. The van der Waals surface area contributed by atoms with Gasteiger partial charge in [-0.3, -0.25) is 14.5 Å². The summed E-state index contributed by atoms with van der Waals surface area (Å²) < 4.78 is 26.7. The number of hydrogen-bond acceptors (Lipinski definition) is 5. The van der Waals surface area contributed by atoms with Crippen LogP contribution in [0.4, 0.5) is 14.5 Å². The van der Waals surface area contributed by atoms with Crippen LogP contribution in [0.5, 0.6) is 0 Å². The highest BCUT2D eigenvalue weighted by molar-refractivity contribution is 6.31. The summed E-state index contributed by atoms with van der Waals surface area (Å²) in [5.74, 6) is -1.02. The fraction of sp³-hybridized carbons (Fsp3) is 0.533. The van der Waals surface area contributed by atoms with Crippen molar-refractivity contribution >= 4 is 41.7 Å². The highest BCUT2D eigenvalue weighted by atomic mass is 35.5. The van der Waals surface area contributed by atoms with Gasteiger partial charge in [-0.25, -0.2) is 8.78 Å². The molecule has 0 spiro atoms. The molecule has 0 aromatic heterocycles. The summed E-state index contributed by atoms with van der Waals surface area (Å²) in [6, 6.07) is 2.79. The largest absolute Gasteiger partial charge is 0.392 e. The van der Waals surface area contributed by atoms with Gasteiger partial charge in [-0.05, 0) is 54.5 Å². The predicted octanol–water partition coefficient (Wildman–Crippen LogP) is 5.75. The first-order valence-electron chi connectivity index (χ1n) is 13.6. The zero-order chi connectivity index (χ0) is 31.0. The number of carbonyl (C=O) groups excluding carboxylic acids is 2. The molecule has 2 saturated heterocycles. The van der Waals surface area contributed by atoms with Crippen molar-refractivity contribution in [3.8, 4) is 0 Å². The molecule has 0 radical (unpaired) electrons. The van der Waals surface area contributed by atoms with Crippen LogP contribution >= 0.6 is 23.2 Å². The summed E-state index contributed by atoms with van der Waals surface area (Å²) in [6.07, 6.45) is 7.59. The lowest BCUT2D eigenvalue weighted by Gasteiger charge is -2.21. The van der Waals surface area contributed by atoms with Crippen molar-refractivity contribution in [1.82, 2.24) is 15.5 Å². The van der Waals surface area contributed by atoms with E-state index in [4.69, 9.17) is 28.3 Å². The van der Waals surface area contributed by atoms with Gasteiger partial charge >= 0.3 is 0 Å². The van der Waals surface area contributed by atoms with Gasteiger partial charge in [-0.1, -0.05) is 69.6 Å². The summed E-state index contributed by atoms with van der Waals surface area (Å²) in [6.45, 7) is 16.5. The minimum absolute atomic E-state index is 0.00876. The summed E-state index contributed by atoms with van der Waals surface area (Å²) in [7, 11) is 0. The maximum absolute atomic E-state index is 13.9. The molecule has 2 fully saturated rings. The normalized spacial score (nSPS) is 21.0. The zero-order valence-electron chi connectivity index (χ0n) is 24.4. The number of rotatable bonds is 11. The fourth-order valence-corrected chi connectivity index (χ4v) is 4.43. The molecule has 0 bridgehead atoms. The van der Waals surface area contributed by atoms with Crippen LogP contribution in [-0.2, 0) is 9.59 Å². The molecule has 7 nitrogen and oxygen atoms in total. The second kappa shape index (κ2) is 19.0. The number of aliphatic hydroxyl groups is 1. The Bertz CT molecular complexity index is 1040. The number of carbonyl (C=O) groups is 2. The second-order valence-electron chi connectivity index (χ2n) is 11.5. The van der Waals surface area contributed by atoms with Crippen molar-refractivity contribution in [2.75, 3.05) is 44.6 Å². The Labute approximate surface area is 253 Å². The van der Waals surface area contributed by atoms with Crippen LogP contribution in [0.2, 0.25) is 5.02 Å². The van der Waals surface area contributed by atoms with E-state index in [0.29, 0.717) is 49.0 Å². The molecule has 3 rings (SSSR count). The Morgan fingerprint density at radius 1 is 1.24 bits per heavy atom. The molecule has 230 valence electrons. The van der Waals surface area contributed by atoms with Gasteiger partial charge in [0.1, 0.15) is 11.6 Å². The lowest BCUT2D eigenvalue weighted by Crippen LogP contribution is -2.30. The second-order valence-corrected chi connectivity index (χ2v) is 12.4. The van der Waals surface area contributed by atoms with Crippen LogP contribution in [-0.4, -0.2) is 68.2 Å². The summed E-state index contributed by atoms with van der Waals surface area (Å²) >= 11 is 11.5. The highest BCUT2D eigenvalue weighted by Crippen LogP contribution is 2.37. The molecule has 1 aromatic carbocycles. The molecule has 4 N–H and O–H groups in total. The lowest BCUT2D eigenvalue weighted by molar-refractivity contribution is -0.109. The van der Waals surface area contributed by atoms with Crippen molar-refractivity contribution in [3.05, 3.63) is 64.2 Å². The maximum Gasteiger partial charge on any atom is 0.211 e. The van der Waals surface area contributed by atoms with Crippen molar-refractivity contribution in [1.29, 1.82) is 0 Å². The number of nitrogens with one attached hydrogen (secondary N) is 3. The first-order valence-corrected chi connectivity index (χ1v) is 14.4. The van der Waals surface area contributed by atoms with Crippen LogP contribution < -0.4 is 16.0 Å². The third-order valence-electron chi connectivity index (χ3n) is 6.03. The van der Waals surface area contributed by atoms with Crippen LogP contribution in [0, 0.1) is 17.2 Å². The van der Waals surface area contributed by atoms with Crippen molar-refractivity contribution in [3.63, 3.8) is 0 Å². The first kappa shape index (κ1) is 36.7. The Kier molecular flexibility index (Phi) is 17.0. The fourth-order valence-electron chi connectivity index (χ4n) is 4.20. The van der Waals surface area contributed by atoms with E-state index >= 15 is 0 Å². The van der Waals surface area contributed by atoms with Gasteiger partial charge in [0.25, 0.3) is 0 Å². The van der Waals surface area contributed by atoms with E-state index in [0.717, 1.165) is 32.6 Å². The number of β-amino-alcohol motifs (C(OH)–C–C–N with tert-alkyl or cyclic N) is 1. The van der Waals surface area contributed by atoms with E-state index in [2.05, 4.69) is 55.1 Å². The third-order valence-corrected chi connectivity index (χ3v) is 6.65. The number of likely N-dealkylation sites (tertiary alicyclic amines) is 1. The van der Waals surface area contributed by atoms with Gasteiger partial charge in [0.05, 0.1) is 16.2 Å². The molecule has 2 heterocycles. The topological polar surface area (TPSA) is 93.7 Å². The highest BCUT2D eigenvalue weighted by Gasteiger charge is 2.30. The minimum atomic E-state index is -0.687. The predicted molar refractivity (Wildman–Crippen MR) is 164 cm³/mol. The van der Waals surface area contributed by atoms with Gasteiger partial charge in [0.2, 0.25) is 12.8 Å². The molecule has 11 heteroatoms. The standard InChI is InChI=1S/C18H18Cl2F2N2O.C7H14N2O2.C5H12/c1-11(21)15(19)5-3-2-4-12-8-23-9-14(12)13-6-17(22)16(20)7-18(13)24-10-25;10-6-8-2-4-9-3-1-7(11)5-9;1-5(2,3)4/h2-3,5-7,10,12,14,23H,1,4,8-9H2,(H,24,25);6-7,11H,1-5H2,(H,8,10);1-4H3/b3-2-,15-5+;;/t12-,14+;7-;/m00./s1. The monoisotopic (exact) mass is 616 g/mol. The number of amides is 2. The average molecular weight is 618 g/mol. The summed E-state index contributed by atoms with van der Waals surface area (Å²) in [4.78, 5) is 22.8. The molecule has 2 aliphatic heterocycles. The SMILES string of the molecule is C=C(F)/C(Cl)=C\C=C/C[C@H]1CNC[C@H]1c1cc(F)c(Cl)cc1NC=O.CC(C)(C)C.O=CNCCN1CC[C@H](O)C1. The number of halogens is 4. The van der Waals surface area contributed by atoms with Crippen LogP contribution in [0.1, 0.15) is 52.0 Å². The van der Waals surface area contributed by atoms with Gasteiger partial charge in [0, 0.05) is 44.3 Å². The molecule has 0 aliphatic carbocycles. The van der Waals surface area contributed by atoms with Crippen molar-refractivity contribution < 1.29 is 23.5 Å². The van der Waals surface area contributed by atoms with Gasteiger partial charge in [-0.2, -0.15) is 0 Å². The Balaban J connectivity index is 0.000000431. The number of benzene rings is 1. The van der Waals surface area contributed by atoms with Crippen LogP contribution in [0.25, 0.3) is 0 Å². The van der Waals surface area contributed by atoms with E-state index in [9.17, 15) is 18.4 Å². The molecule has 2 aliphatic rings. The van der Waals surface area contributed by atoms with Crippen molar-refractivity contribution in [2.45, 2.75) is 52.6 Å². The number of aliphatic hydroxyl groups excluding tert-OH is 1. The van der Waals surface area contributed by atoms with E-state index in [1.54, 1.807) is 6.08 Å². The molecule has 1 aromatic rings. The third kappa shape index (κ3) is 15.5. The van der Waals surface area contributed by atoms with E-state index in [1.807, 2.05) is 6.08 Å². The molecule has 41 heavy (non-hydrogen) atoms. The Morgan fingerprint density at radius 2 is 1.93 bits per heavy atom. The summed E-state index contributed by atoms with van der Waals surface area (Å²) in [5, 5.41) is 17.5. The van der Waals surface area contributed by atoms with Crippen molar-refractivity contribution in [2.24, 2.45) is 11.3 Å². The summed E-state index contributed by atoms with van der Waals surface area (Å²) in [5.41, 5.74) is 1.70. The van der Waals surface area contributed by atoms with Gasteiger partial charge < -0.3 is 21.1 Å². The average Bonchev–Trinajstić information content (AvgIpc) is 3.52. The first-order chi connectivity index (χ1) is 19.3. The molecular formula is C30H44Cl2F2N4O3. The zero-order valence-corrected chi connectivity index (χ0v) is 25.9. The van der Waals surface area contributed by atoms with Gasteiger partial charge in [-0.15, -0.1) is 0 Å². The smallest absolute Gasteiger partial charge is 0.211 e. The molecular weight excluding hydrogens is 573 g/mol. The number of nitrogens with zero attached hydrogens (tertiary/aromatic N) is 1. The molecule has 2 amide bonds.